The zero-order valence-corrected chi connectivity index (χ0v) is 12.1. The maximum atomic E-state index is 12.1. The van der Waals surface area contributed by atoms with E-state index in [1.165, 1.54) is 0 Å². The van der Waals surface area contributed by atoms with Crippen LogP contribution in [-0.4, -0.2) is 30.3 Å². The number of ether oxygens (including phenoxy) is 1. The molecule has 3 unspecified atom stereocenters. The number of aliphatic hydroxyl groups excluding tert-OH is 1. The normalized spacial score (nSPS) is 20.4. The Hall–Kier alpha value is -1.55. The third-order valence-corrected chi connectivity index (χ3v) is 4.04. The van der Waals surface area contributed by atoms with E-state index in [1.807, 2.05) is 38.1 Å². The van der Waals surface area contributed by atoms with E-state index in [-0.39, 0.29) is 17.7 Å². The van der Waals surface area contributed by atoms with Gasteiger partial charge in [0.15, 0.2) is 0 Å². The molecule has 0 bridgehead atoms. The molecular formula is C16H23NO3. The van der Waals surface area contributed by atoms with Gasteiger partial charge in [0.2, 0.25) is 5.91 Å². The lowest BCUT2D eigenvalue weighted by molar-refractivity contribution is -0.126. The number of hydrogen-bond acceptors (Lipinski definition) is 3. The molecule has 0 aliphatic carbocycles. The number of carbonyl (C=O) groups is 1. The van der Waals surface area contributed by atoms with E-state index in [0.717, 1.165) is 17.7 Å². The summed E-state index contributed by atoms with van der Waals surface area (Å²) in [6.07, 6.45) is 1.11. The van der Waals surface area contributed by atoms with E-state index in [2.05, 4.69) is 5.32 Å². The molecule has 4 heteroatoms. The highest BCUT2D eigenvalue weighted by Crippen LogP contribution is 2.26. The number of benzene rings is 1. The van der Waals surface area contributed by atoms with Gasteiger partial charge in [0.25, 0.3) is 0 Å². The first-order valence-corrected chi connectivity index (χ1v) is 7.28. The van der Waals surface area contributed by atoms with Crippen LogP contribution in [0.15, 0.2) is 24.3 Å². The Morgan fingerprint density at radius 1 is 1.50 bits per heavy atom. The Kier molecular flexibility index (Phi) is 5.01. The molecule has 1 heterocycles. The number of carbonyl (C=O) groups excluding carboxylic acids is 1. The number of amides is 1. The summed E-state index contributed by atoms with van der Waals surface area (Å²) in [6, 6.07) is 7.80. The van der Waals surface area contributed by atoms with Gasteiger partial charge in [-0.25, -0.2) is 0 Å². The Morgan fingerprint density at radius 2 is 2.25 bits per heavy atom. The first-order chi connectivity index (χ1) is 9.61. The van der Waals surface area contributed by atoms with E-state index in [0.29, 0.717) is 19.6 Å². The molecule has 0 spiro atoms. The third-order valence-electron chi connectivity index (χ3n) is 4.04. The Morgan fingerprint density at radius 3 is 3.00 bits per heavy atom. The summed E-state index contributed by atoms with van der Waals surface area (Å²) in [7, 11) is 0. The van der Waals surface area contributed by atoms with Gasteiger partial charge in [0.1, 0.15) is 12.4 Å². The second kappa shape index (κ2) is 6.75. The van der Waals surface area contributed by atoms with Crippen LogP contribution in [0.5, 0.6) is 5.75 Å². The van der Waals surface area contributed by atoms with Crippen molar-refractivity contribution in [2.24, 2.45) is 11.8 Å². The van der Waals surface area contributed by atoms with Crippen LogP contribution in [0.3, 0.4) is 0 Å². The van der Waals surface area contributed by atoms with Gasteiger partial charge in [-0.3, -0.25) is 4.79 Å². The van der Waals surface area contributed by atoms with E-state index in [4.69, 9.17) is 4.74 Å². The molecule has 1 amide bonds. The molecule has 3 atom stereocenters. The molecule has 2 rings (SSSR count). The minimum absolute atomic E-state index is 0.0399. The summed E-state index contributed by atoms with van der Waals surface area (Å²) >= 11 is 0. The summed E-state index contributed by atoms with van der Waals surface area (Å²) in [6.45, 7) is 4.73. The Labute approximate surface area is 120 Å². The molecule has 0 fully saturated rings. The minimum atomic E-state index is -0.485. The predicted molar refractivity (Wildman–Crippen MR) is 77.6 cm³/mol. The van der Waals surface area contributed by atoms with Crippen LogP contribution < -0.4 is 10.1 Å². The molecule has 0 aromatic heterocycles. The van der Waals surface area contributed by atoms with Crippen molar-refractivity contribution >= 4 is 5.91 Å². The molecule has 4 nitrogen and oxygen atoms in total. The molecule has 1 aliphatic rings. The smallest absolute Gasteiger partial charge is 0.226 e. The van der Waals surface area contributed by atoms with Gasteiger partial charge in [-0.1, -0.05) is 38.5 Å². The van der Waals surface area contributed by atoms with Crippen molar-refractivity contribution in [1.82, 2.24) is 5.32 Å². The van der Waals surface area contributed by atoms with Gasteiger partial charge in [-0.2, -0.15) is 0 Å². The number of hydrogen-bond donors (Lipinski definition) is 2. The van der Waals surface area contributed by atoms with Gasteiger partial charge in [0, 0.05) is 6.54 Å². The molecule has 0 saturated heterocycles. The topological polar surface area (TPSA) is 58.6 Å². The second-order valence-electron chi connectivity index (χ2n) is 5.52. The predicted octanol–water partition coefficient (Wildman–Crippen LogP) is 1.76. The van der Waals surface area contributed by atoms with Crippen molar-refractivity contribution in [2.45, 2.75) is 32.8 Å². The first kappa shape index (κ1) is 14.9. The third kappa shape index (κ3) is 3.51. The fraction of sp³-hybridized carbons (Fsp3) is 0.562. The first-order valence-electron chi connectivity index (χ1n) is 7.28. The molecule has 1 aliphatic heterocycles. The lowest BCUT2D eigenvalue weighted by Crippen LogP contribution is -2.42. The van der Waals surface area contributed by atoms with E-state index in [1.54, 1.807) is 0 Å². The molecule has 2 N–H and O–H groups in total. The van der Waals surface area contributed by atoms with E-state index < -0.39 is 6.10 Å². The second-order valence-corrected chi connectivity index (χ2v) is 5.52. The largest absolute Gasteiger partial charge is 0.492 e. The van der Waals surface area contributed by atoms with Crippen LogP contribution in [0, 0.1) is 11.8 Å². The van der Waals surface area contributed by atoms with Crippen LogP contribution in [0.25, 0.3) is 0 Å². The van der Waals surface area contributed by atoms with Crippen molar-refractivity contribution in [1.29, 1.82) is 0 Å². The van der Waals surface area contributed by atoms with Crippen molar-refractivity contribution in [3.63, 3.8) is 0 Å². The average molecular weight is 277 g/mol. The van der Waals surface area contributed by atoms with Crippen molar-refractivity contribution in [3.05, 3.63) is 29.8 Å². The highest BCUT2D eigenvalue weighted by Gasteiger charge is 2.26. The van der Waals surface area contributed by atoms with Crippen molar-refractivity contribution in [2.75, 3.05) is 13.2 Å². The van der Waals surface area contributed by atoms with Gasteiger partial charge >= 0.3 is 0 Å². The number of aliphatic hydroxyl groups is 1. The standard InChI is InChI=1S/C16H23NO3/c1-3-11(2)14(18)9-17-16(19)13-8-12-6-4-5-7-15(12)20-10-13/h4-7,11,13-14,18H,3,8-10H2,1-2H3,(H,17,19). The Balaban J connectivity index is 1.86. The van der Waals surface area contributed by atoms with E-state index in [9.17, 15) is 9.90 Å². The Bertz CT molecular complexity index is 461. The summed E-state index contributed by atoms with van der Waals surface area (Å²) in [4.78, 5) is 12.1. The zero-order chi connectivity index (χ0) is 14.5. The van der Waals surface area contributed by atoms with Crippen LogP contribution in [0.4, 0.5) is 0 Å². The van der Waals surface area contributed by atoms with Gasteiger partial charge in [0.05, 0.1) is 12.0 Å². The number of para-hydroxylation sites is 1. The molecule has 110 valence electrons. The van der Waals surface area contributed by atoms with Crippen LogP contribution in [-0.2, 0) is 11.2 Å². The highest BCUT2D eigenvalue weighted by atomic mass is 16.5. The maximum Gasteiger partial charge on any atom is 0.226 e. The lowest BCUT2D eigenvalue weighted by atomic mass is 9.95. The molecule has 20 heavy (non-hydrogen) atoms. The van der Waals surface area contributed by atoms with Gasteiger partial charge < -0.3 is 15.2 Å². The van der Waals surface area contributed by atoms with Crippen molar-refractivity contribution in [3.8, 4) is 5.75 Å². The number of fused-ring (bicyclic) bond motifs is 1. The fourth-order valence-corrected chi connectivity index (χ4v) is 2.32. The SMILES string of the molecule is CCC(C)C(O)CNC(=O)C1COc2ccccc2C1. The van der Waals surface area contributed by atoms with Crippen molar-refractivity contribution < 1.29 is 14.6 Å². The summed E-state index contributed by atoms with van der Waals surface area (Å²) in [5, 5.41) is 12.7. The highest BCUT2D eigenvalue weighted by molar-refractivity contribution is 5.79. The maximum absolute atomic E-state index is 12.1. The lowest BCUT2D eigenvalue weighted by Gasteiger charge is -2.25. The van der Waals surface area contributed by atoms with E-state index >= 15 is 0 Å². The van der Waals surface area contributed by atoms with Gasteiger partial charge in [-0.05, 0) is 24.0 Å². The monoisotopic (exact) mass is 277 g/mol. The molecule has 1 aromatic carbocycles. The van der Waals surface area contributed by atoms with Crippen LogP contribution >= 0.6 is 0 Å². The van der Waals surface area contributed by atoms with Crippen LogP contribution in [0.1, 0.15) is 25.8 Å². The minimum Gasteiger partial charge on any atom is -0.492 e. The molecule has 0 saturated carbocycles. The summed E-state index contributed by atoms with van der Waals surface area (Å²) in [5.41, 5.74) is 1.07. The molecule has 1 aromatic rings. The number of nitrogens with one attached hydrogen (secondary N) is 1. The molecule has 0 radical (unpaired) electrons. The summed E-state index contributed by atoms with van der Waals surface area (Å²) in [5.74, 6) is 0.853. The fourth-order valence-electron chi connectivity index (χ4n) is 2.32. The quantitative estimate of drug-likeness (QED) is 0.862. The number of rotatable bonds is 5. The average Bonchev–Trinajstić information content (AvgIpc) is 2.50. The summed E-state index contributed by atoms with van der Waals surface area (Å²) < 4.78 is 5.61. The van der Waals surface area contributed by atoms with Crippen LogP contribution in [0.2, 0.25) is 0 Å². The van der Waals surface area contributed by atoms with Gasteiger partial charge in [-0.15, -0.1) is 0 Å². The molecular weight excluding hydrogens is 254 g/mol. The zero-order valence-electron chi connectivity index (χ0n) is 12.1.